The smallest absolute Gasteiger partial charge is 0.191 e. The molecule has 0 spiro atoms. The number of rotatable bonds is 3. The van der Waals surface area contributed by atoms with Crippen LogP contribution < -0.4 is 0 Å². The molecule has 1 aliphatic heterocycles. The maximum Gasteiger partial charge on any atom is 0.191 e. The molecule has 0 N–H and O–H groups in total. The highest BCUT2D eigenvalue weighted by molar-refractivity contribution is 5.79. The zero-order valence-electron chi connectivity index (χ0n) is 8.82. The molecule has 2 atom stereocenters. The van der Waals surface area contributed by atoms with Crippen LogP contribution in [0.5, 0.6) is 0 Å². The molecule has 0 saturated heterocycles. The standard InChI is InChI=1S/C10H18N2O/c1-5-13-10(4)7-11-9(6-12-10)8(2)3/h6-9H,5H2,1-4H3. The van der Waals surface area contributed by atoms with Crippen LogP contribution in [0.1, 0.15) is 27.7 Å². The van der Waals surface area contributed by atoms with Crippen molar-refractivity contribution in [3.8, 4) is 0 Å². The van der Waals surface area contributed by atoms with Gasteiger partial charge in [-0.15, -0.1) is 0 Å². The predicted molar refractivity (Wildman–Crippen MR) is 55.6 cm³/mol. The van der Waals surface area contributed by atoms with Crippen molar-refractivity contribution >= 4 is 12.4 Å². The van der Waals surface area contributed by atoms with E-state index in [-0.39, 0.29) is 6.04 Å². The Morgan fingerprint density at radius 3 is 2.62 bits per heavy atom. The SMILES string of the molecule is CCOC1(C)C=NC(C(C)C)C=N1. The molecule has 1 heterocycles. The van der Waals surface area contributed by atoms with Crippen molar-refractivity contribution in [2.24, 2.45) is 15.9 Å². The Bertz CT molecular complexity index is 207. The number of hydrogen-bond donors (Lipinski definition) is 0. The van der Waals surface area contributed by atoms with Crippen LogP contribution in [0.2, 0.25) is 0 Å². The van der Waals surface area contributed by atoms with Crippen LogP contribution in [-0.2, 0) is 4.74 Å². The van der Waals surface area contributed by atoms with E-state index < -0.39 is 5.72 Å². The molecule has 0 radical (unpaired) electrons. The van der Waals surface area contributed by atoms with Gasteiger partial charge in [-0.05, 0) is 19.8 Å². The minimum Gasteiger partial charge on any atom is -0.349 e. The lowest BCUT2D eigenvalue weighted by atomic mass is 10.1. The molecular weight excluding hydrogens is 164 g/mol. The Morgan fingerprint density at radius 1 is 1.54 bits per heavy atom. The van der Waals surface area contributed by atoms with Gasteiger partial charge < -0.3 is 4.74 Å². The molecule has 74 valence electrons. The highest BCUT2D eigenvalue weighted by Crippen LogP contribution is 2.16. The summed E-state index contributed by atoms with van der Waals surface area (Å²) in [5.74, 6) is 0.506. The van der Waals surface area contributed by atoms with E-state index in [1.165, 1.54) is 0 Å². The Morgan fingerprint density at radius 2 is 2.23 bits per heavy atom. The van der Waals surface area contributed by atoms with Crippen molar-refractivity contribution in [1.29, 1.82) is 0 Å². The summed E-state index contributed by atoms with van der Waals surface area (Å²) >= 11 is 0. The molecular formula is C10H18N2O. The van der Waals surface area contributed by atoms with Gasteiger partial charge in [0.1, 0.15) is 0 Å². The average molecular weight is 182 g/mol. The summed E-state index contributed by atoms with van der Waals surface area (Å²) in [5, 5.41) is 0. The summed E-state index contributed by atoms with van der Waals surface area (Å²) in [6.07, 6.45) is 3.70. The summed E-state index contributed by atoms with van der Waals surface area (Å²) in [7, 11) is 0. The lowest BCUT2D eigenvalue weighted by Crippen LogP contribution is -2.34. The molecule has 0 amide bonds. The maximum atomic E-state index is 5.45. The first-order valence-electron chi connectivity index (χ1n) is 4.81. The normalized spacial score (nSPS) is 32.8. The fraction of sp³-hybridized carbons (Fsp3) is 0.800. The van der Waals surface area contributed by atoms with Crippen molar-refractivity contribution in [2.75, 3.05) is 6.61 Å². The quantitative estimate of drug-likeness (QED) is 0.656. The fourth-order valence-electron chi connectivity index (χ4n) is 1.23. The van der Waals surface area contributed by atoms with Gasteiger partial charge in [0.15, 0.2) is 5.72 Å². The number of hydrogen-bond acceptors (Lipinski definition) is 3. The minimum atomic E-state index is -0.528. The van der Waals surface area contributed by atoms with Crippen LogP contribution in [0.15, 0.2) is 9.98 Å². The van der Waals surface area contributed by atoms with Crippen LogP contribution in [0.3, 0.4) is 0 Å². The van der Waals surface area contributed by atoms with Gasteiger partial charge in [-0.25, -0.2) is 0 Å². The molecule has 0 saturated carbocycles. The third-order valence-electron chi connectivity index (χ3n) is 2.09. The van der Waals surface area contributed by atoms with E-state index in [1.54, 1.807) is 6.21 Å². The average Bonchev–Trinajstić information content (AvgIpc) is 2.05. The number of ether oxygens (including phenoxy) is 1. The summed E-state index contributed by atoms with van der Waals surface area (Å²) in [4.78, 5) is 8.76. The topological polar surface area (TPSA) is 34.0 Å². The van der Waals surface area contributed by atoms with Crippen molar-refractivity contribution in [2.45, 2.75) is 39.5 Å². The molecule has 0 fully saturated rings. The predicted octanol–water partition coefficient (Wildman–Crippen LogP) is 1.92. The van der Waals surface area contributed by atoms with Gasteiger partial charge in [-0.3, -0.25) is 9.98 Å². The maximum absolute atomic E-state index is 5.45. The van der Waals surface area contributed by atoms with Gasteiger partial charge in [-0.1, -0.05) is 13.8 Å². The lowest BCUT2D eigenvalue weighted by molar-refractivity contribution is 0.0392. The van der Waals surface area contributed by atoms with Crippen LogP contribution in [0.4, 0.5) is 0 Å². The third-order valence-corrected chi connectivity index (χ3v) is 2.09. The molecule has 13 heavy (non-hydrogen) atoms. The first-order chi connectivity index (χ1) is 6.07. The zero-order valence-corrected chi connectivity index (χ0v) is 8.82. The van der Waals surface area contributed by atoms with Gasteiger partial charge in [0, 0.05) is 12.8 Å². The summed E-state index contributed by atoms with van der Waals surface area (Å²) in [6.45, 7) is 8.82. The van der Waals surface area contributed by atoms with E-state index in [4.69, 9.17) is 4.74 Å². The zero-order chi connectivity index (χ0) is 9.90. The van der Waals surface area contributed by atoms with Crippen LogP contribution in [0.25, 0.3) is 0 Å². The number of aliphatic imine (C=N–C) groups is 2. The molecule has 1 rings (SSSR count). The summed E-state index contributed by atoms with van der Waals surface area (Å²) in [6, 6.07) is 0.216. The highest BCUT2D eigenvalue weighted by atomic mass is 16.5. The van der Waals surface area contributed by atoms with E-state index >= 15 is 0 Å². The van der Waals surface area contributed by atoms with Crippen LogP contribution in [-0.4, -0.2) is 30.8 Å². The monoisotopic (exact) mass is 182 g/mol. The summed E-state index contributed by atoms with van der Waals surface area (Å²) in [5.41, 5.74) is -0.528. The molecule has 1 aliphatic rings. The van der Waals surface area contributed by atoms with E-state index in [1.807, 2.05) is 20.1 Å². The number of nitrogens with zero attached hydrogens (tertiary/aromatic N) is 2. The van der Waals surface area contributed by atoms with E-state index in [0.717, 1.165) is 0 Å². The van der Waals surface area contributed by atoms with E-state index in [2.05, 4.69) is 23.8 Å². The van der Waals surface area contributed by atoms with Gasteiger partial charge in [0.25, 0.3) is 0 Å². The Labute approximate surface area is 79.9 Å². The fourth-order valence-corrected chi connectivity index (χ4v) is 1.23. The van der Waals surface area contributed by atoms with Crippen LogP contribution >= 0.6 is 0 Å². The van der Waals surface area contributed by atoms with Crippen molar-refractivity contribution in [3.05, 3.63) is 0 Å². The largest absolute Gasteiger partial charge is 0.349 e. The molecule has 2 unspecified atom stereocenters. The third kappa shape index (κ3) is 2.62. The van der Waals surface area contributed by atoms with Crippen molar-refractivity contribution < 1.29 is 4.74 Å². The van der Waals surface area contributed by atoms with Gasteiger partial charge >= 0.3 is 0 Å². The molecule has 0 aliphatic carbocycles. The van der Waals surface area contributed by atoms with Gasteiger partial charge in [0.05, 0.1) is 12.3 Å². The van der Waals surface area contributed by atoms with Crippen molar-refractivity contribution in [3.63, 3.8) is 0 Å². The van der Waals surface area contributed by atoms with Crippen molar-refractivity contribution in [1.82, 2.24) is 0 Å². The Hall–Kier alpha value is -0.700. The lowest BCUT2D eigenvalue weighted by Gasteiger charge is -2.26. The van der Waals surface area contributed by atoms with Gasteiger partial charge in [-0.2, -0.15) is 0 Å². The molecule has 3 heteroatoms. The Balaban J connectivity index is 2.61. The second kappa shape index (κ2) is 4.01. The highest BCUT2D eigenvalue weighted by Gasteiger charge is 2.24. The molecule has 0 aromatic heterocycles. The molecule has 0 aromatic rings. The molecule has 3 nitrogen and oxygen atoms in total. The van der Waals surface area contributed by atoms with E-state index in [9.17, 15) is 0 Å². The second-order valence-corrected chi connectivity index (χ2v) is 3.78. The second-order valence-electron chi connectivity index (χ2n) is 3.78. The van der Waals surface area contributed by atoms with E-state index in [0.29, 0.717) is 12.5 Å². The van der Waals surface area contributed by atoms with Gasteiger partial charge in [0.2, 0.25) is 0 Å². The van der Waals surface area contributed by atoms with Crippen LogP contribution in [0, 0.1) is 5.92 Å². The molecule has 0 bridgehead atoms. The Kier molecular flexibility index (Phi) is 3.20. The molecule has 0 aromatic carbocycles. The first kappa shape index (κ1) is 10.4. The first-order valence-corrected chi connectivity index (χ1v) is 4.81. The summed E-state index contributed by atoms with van der Waals surface area (Å²) < 4.78 is 5.45. The minimum absolute atomic E-state index is 0.216.